The molecule has 0 bridgehead atoms. The van der Waals surface area contributed by atoms with Crippen LogP contribution in [0.25, 0.3) is 16.6 Å². The third-order valence-electron chi connectivity index (χ3n) is 4.51. The number of benzene rings is 2. The van der Waals surface area contributed by atoms with E-state index < -0.39 is 0 Å². The van der Waals surface area contributed by atoms with Gasteiger partial charge in [-0.15, -0.1) is 0 Å². The largest absolute Gasteiger partial charge is 0.345 e. The molecule has 0 aliphatic rings. The highest BCUT2D eigenvalue weighted by atomic mass is 16.2. The molecule has 0 spiro atoms. The second-order valence-electron chi connectivity index (χ2n) is 6.22. The van der Waals surface area contributed by atoms with Gasteiger partial charge in [0.2, 0.25) is 0 Å². The molecule has 2 N–H and O–H groups in total. The number of aromatic nitrogens is 3. The molecular weight excluding hydrogens is 342 g/mol. The summed E-state index contributed by atoms with van der Waals surface area (Å²) in [5.41, 5.74) is 2.44. The van der Waals surface area contributed by atoms with Gasteiger partial charge in [-0.25, -0.2) is 4.52 Å². The molecule has 0 fully saturated rings. The number of fused-ring (bicyclic) bond motifs is 3. The lowest BCUT2D eigenvalue weighted by Gasteiger charge is -2.14. The van der Waals surface area contributed by atoms with Crippen molar-refractivity contribution in [2.24, 2.45) is 0 Å². The topological polar surface area (TPSA) is 103 Å². The fourth-order valence-electron chi connectivity index (χ4n) is 3.05. The number of carbonyl (C=O) groups excluding carboxylic acids is 1. The standard InChI is InChI=1S/C20H15N5O2/c1-12(14-8-6-13(10-21)7-9-14)23-20(27)16-11-22-25-17-5-3-2-4-15(17)19(26)24-18(16)25/h2-9,11-12H,1H3,(H,23,27)(H,24,26). The lowest BCUT2D eigenvalue weighted by Crippen LogP contribution is -2.27. The number of para-hydroxylation sites is 1. The van der Waals surface area contributed by atoms with Gasteiger partial charge < -0.3 is 10.3 Å². The smallest absolute Gasteiger partial charge is 0.259 e. The molecule has 132 valence electrons. The molecule has 4 aromatic rings. The van der Waals surface area contributed by atoms with Crippen LogP contribution in [-0.4, -0.2) is 20.5 Å². The molecule has 0 aliphatic heterocycles. The average molecular weight is 357 g/mol. The van der Waals surface area contributed by atoms with E-state index in [9.17, 15) is 9.59 Å². The summed E-state index contributed by atoms with van der Waals surface area (Å²) < 4.78 is 1.55. The van der Waals surface area contributed by atoms with E-state index in [0.29, 0.717) is 27.7 Å². The lowest BCUT2D eigenvalue weighted by molar-refractivity contribution is 0.0941. The van der Waals surface area contributed by atoms with E-state index in [4.69, 9.17) is 5.26 Å². The van der Waals surface area contributed by atoms with Gasteiger partial charge in [0.15, 0.2) is 0 Å². The maximum atomic E-state index is 12.7. The second kappa shape index (κ2) is 6.42. The van der Waals surface area contributed by atoms with Gasteiger partial charge in [-0.2, -0.15) is 10.4 Å². The highest BCUT2D eigenvalue weighted by molar-refractivity contribution is 6.00. The predicted molar refractivity (Wildman–Crippen MR) is 100 cm³/mol. The van der Waals surface area contributed by atoms with Gasteiger partial charge in [-0.05, 0) is 36.8 Å². The molecule has 1 amide bonds. The van der Waals surface area contributed by atoms with Crippen LogP contribution in [0.2, 0.25) is 0 Å². The number of H-pyrrole nitrogens is 1. The Hall–Kier alpha value is -3.92. The minimum Gasteiger partial charge on any atom is -0.345 e. The molecule has 2 aromatic heterocycles. The molecule has 2 heterocycles. The summed E-state index contributed by atoms with van der Waals surface area (Å²) in [5, 5.41) is 16.5. The van der Waals surface area contributed by atoms with Crippen LogP contribution in [0.3, 0.4) is 0 Å². The van der Waals surface area contributed by atoms with E-state index in [1.165, 1.54) is 6.20 Å². The number of nitriles is 1. The van der Waals surface area contributed by atoms with Gasteiger partial charge >= 0.3 is 0 Å². The zero-order valence-corrected chi connectivity index (χ0v) is 14.4. The Morgan fingerprint density at radius 2 is 1.96 bits per heavy atom. The summed E-state index contributed by atoms with van der Waals surface area (Å²) in [5.74, 6) is -0.340. The zero-order chi connectivity index (χ0) is 19.0. The number of amides is 1. The van der Waals surface area contributed by atoms with E-state index >= 15 is 0 Å². The first kappa shape index (κ1) is 16.5. The van der Waals surface area contributed by atoms with Crippen molar-refractivity contribution in [3.63, 3.8) is 0 Å². The van der Waals surface area contributed by atoms with Crippen LogP contribution in [0, 0.1) is 11.3 Å². The quantitative estimate of drug-likeness (QED) is 0.588. The van der Waals surface area contributed by atoms with E-state index in [-0.39, 0.29) is 17.5 Å². The van der Waals surface area contributed by atoms with Gasteiger partial charge in [0.1, 0.15) is 11.2 Å². The fraction of sp³-hybridized carbons (Fsp3) is 0.100. The fourth-order valence-corrected chi connectivity index (χ4v) is 3.05. The minimum atomic E-state index is -0.340. The van der Waals surface area contributed by atoms with E-state index in [1.807, 2.05) is 13.0 Å². The van der Waals surface area contributed by atoms with Crippen molar-refractivity contribution in [2.75, 3.05) is 0 Å². The maximum Gasteiger partial charge on any atom is 0.259 e. The van der Waals surface area contributed by atoms with Gasteiger partial charge in [-0.3, -0.25) is 9.59 Å². The van der Waals surface area contributed by atoms with E-state index in [0.717, 1.165) is 5.56 Å². The minimum absolute atomic E-state index is 0.271. The first-order chi connectivity index (χ1) is 13.1. The maximum absolute atomic E-state index is 12.7. The van der Waals surface area contributed by atoms with Crippen LogP contribution in [-0.2, 0) is 0 Å². The highest BCUT2D eigenvalue weighted by Crippen LogP contribution is 2.17. The molecule has 2 aromatic carbocycles. The molecule has 27 heavy (non-hydrogen) atoms. The number of nitrogens with zero attached hydrogens (tertiary/aromatic N) is 3. The van der Waals surface area contributed by atoms with Crippen molar-refractivity contribution in [3.8, 4) is 6.07 Å². The van der Waals surface area contributed by atoms with Gasteiger partial charge in [0.25, 0.3) is 11.5 Å². The van der Waals surface area contributed by atoms with Crippen molar-refractivity contribution < 1.29 is 4.79 Å². The number of nitrogens with one attached hydrogen (secondary N) is 2. The Morgan fingerprint density at radius 3 is 2.70 bits per heavy atom. The third kappa shape index (κ3) is 2.83. The second-order valence-corrected chi connectivity index (χ2v) is 6.22. The molecule has 0 aliphatic carbocycles. The molecule has 1 atom stereocenters. The molecule has 0 radical (unpaired) electrons. The summed E-state index contributed by atoms with van der Waals surface area (Å²) in [6.45, 7) is 1.85. The third-order valence-corrected chi connectivity index (χ3v) is 4.51. The van der Waals surface area contributed by atoms with Crippen LogP contribution in [0.4, 0.5) is 0 Å². The number of hydrogen-bond donors (Lipinski definition) is 2. The van der Waals surface area contributed by atoms with Crippen LogP contribution < -0.4 is 10.9 Å². The lowest BCUT2D eigenvalue weighted by atomic mass is 10.1. The van der Waals surface area contributed by atoms with Gasteiger partial charge in [0.05, 0.1) is 34.8 Å². The molecule has 7 heteroatoms. The van der Waals surface area contributed by atoms with Crippen LogP contribution in [0.1, 0.15) is 34.5 Å². The monoisotopic (exact) mass is 357 g/mol. The number of aromatic amines is 1. The van der Waals surface area contributed by atoms with Crippen LogP contribution in [0.15, 0.2) is 59.5 Å². The Balaban J connectivity index is 1.68. The number of rotatable bonds is 3. The average Bonchev–Trinajstić information content (AvgIpc) is 3.12. The Morgan fingerprint density at radius 1 is 1.22 bits per heavy atom. The Labute approximate surface area is 153 Å². The highest BCUT2D eigenvalue weighted by Gasteiger charge is 2.18. The first-order valence-corrected chi connectivity index (χ1v) is 8.38. The molecule has 7 nitrogen and oxygen atoms in total. The molecular formula is C20H15N5O2. The summed E-state index contributed by atoms with van der Waals surface area (Å²) in [6.07, 6.45) is 1.44. The molecule has 4 rings (SSSR count). The predicted octanol–water partition coefficient (Wildman–Crippen LogP) is 2.54. The first-order valence-electron chi connectivity index (χ1n) is 8.38. The normalized spacial score (nSPS) is 12.0. The van der Waals surface area contributed by atoms with Crippen molar-refractivity contribution in [2.45, 2.75) is 13.0 Å². The van der Waals surface area contributed by atoms with Crippen molar-refractivity contribution >= 4 is 22.5 Å². The van der Waals surface area contributed by atoms with Crippen LogP contribution in [0.5, 0.6) is 0 Å². The summed E-state index contributed by atoms with van der Waals surface area (Å²) in [7, 11) is 0. The number of carbonyl (C=O) groups is 1. The zero-order valence-electron chi connectivity index (χ0n) is 14.4. The molecule has 1 unspecified atom stereocenters. The Bertz CT molecular complexity index is 1260. The van der Waals surface area contributed by atoms with E-state index in [2.05, 4.69) is 21.5 Å². The molecule has 0 saturated carbocycles. The Kier molecular flexibility index (Phi) is 3.94. The van der Waals surface area contributed by atoms with Crippen molar-refractivity contribution in [1.29, 1.82) is 5.26 Å². The van der Waals surface area contributed by atoms with Gasteiger partial charge in [0, 0.05) is 0 Å². The van der Waals surface area contributed by atoms with Crippen molar-refractivity contribution in [1.82, 2.24) is 19.9 Å². The van der Waals surface area contributed by atoms with Crippen molar-refractivity contribution in [3.05, 3.63) is 81.8 Å². The summed E-state index contributed by atoms with van der Waals surface area (Å²) in [4.78, 5) is 27.8. The van der Waals surface area contributed by atoms with E-state index in [1.54, 1.807) is 47.0 Å². The van der Waals surface area contributed by atoms with Crippen LogP contribution >= 0.6 is 0 Å². The summed E-state index contributed by atoms with van der Waals surface area (Å²) in [6, 6.07) is 15.9. The number of hydrogen-bond acceptors (Lipinski definition) is 4. The summed E-state index contributed by atoms with van der Waals surface area (Å²) >= 11 is 0. The molecule has 0 saturated heterocycles. The SMILES string of the molecule is CC(NC(=O)c1cnn2c1[nH]c(=O)c1ccccc12)c1ccc(C#N)cc1. The van der Waals surface area contributed by atoms with Gasteiger partial charge in [-0.1, -0.05) is 24.3 Å².